The molecule has 5 heteroatoms. The Morgan fingerprint density at radius 1 is 1.15 bits per heavy atom. The zero-order valence-corrected chi connectivity index (χ0v) is 12.6. The van der Waals surface area contributed by atoms with Crippen molar-refractivity contribution in [3.05, 3.63) is 63.6 Å². The van der Waals surface area contributed by atoms with E-state index in [1.54, 1.807) is 18.2 Å². The fourth-order valence-corrected chi connectivity index (χ4v) is 2.50. The molecule has 0 aliphatic rings. The van der Waals surface area contributed by atoms with Crippen LogP contribution in [0, 0.1) is 0 Å². The molecule has 0 saturated carbocycles. The fourth-order valence-electron chi connectivity index (χ4n) is 2.09. The first-order valence-electron chi connectivity index (χ1n) is 6.30. The lowest BCUT2D eigenvalue weighted by atomic mass is 9.98. The van der Waals surface area contributed by atoms with Gasteiger partial charge in [-0.25, -0.2) is 5.43 Å². The number of nitrogens with one attached hydrogen (secondary N) is 1. The number of benzene rings is 2. The van der Waals surface area contributed by atoms with Crippen LogP contribution in [0.15, 0.2) is 42.5 Å². The van der Waals surface area contributed by atoms with Gasteiger partial charge in [-0.2, -0.15) is 0 Å². The Kier molecular flexibility index (Phi) is 5.26. The summed E-state index contributed by atoms with van der Waals surface area (Å²) < 4.78 is 5.64. The molecule has 20 heavy (non-hydrogen) atoms. The molecular formula is C15H16Cl2N2O. The maximum absolute atomic E-state index is 6.25. The molecule has 2 aromatic rings. The number of para-hydroxylation sites is 1. The van der Waals surface area contributed by atoms with Crippen LogP contribution in [0.25, 0.3) is 0 Å². The molecule has 2 rings (SSSR count). The molecule has 0 amide bonds. The molecule has 0 fully saturated rings. The van der Waals surface area contributed by atoms with E-state index in [1.165, 1.54) is 0 Å². The number of hydrogen-bond donors (Lipinski definition) is 2. The zero-order valence-electron chi connectivity index (χ0n) is 11.1. The van der Waals surface area contributed by atoms with Crippen LogP contribution in [-0.2, 0) is 0 Å². The summed E-state index contributed by atoms with van der Waals surface area (Å²) >= 11 is 12.3. The third-order valence-corrected chi connectivity index (χ3v) is 3.54. The minimum Gasteiger partial charge on any atom is -0.494 e. The van der Waals surface area contributed by atoms with Gasteiger partial charge in [0, 0.05) is 15.6 Å². The van der Waals surface area contributed by atoms with E-state index >= 15 is 0 Å². The molecule has 0 aliphatic carbocycles. The molecule has 0 bridgehead atoms. The summed E-state index contributed by atoms with van der Waals surface area (Å²) in [6.45, 7) is 2.52. The second kappa shape index (κ2) is 6.95. The number of ether oxygens (including phenoxy) is 1. The first kappa shape index (κ1) is 15.1. The standard InChI is InChI=1S/C15H16Cl2N2O/c1-2-20-14-6-4-3-5-11(14)15(19-18)12-9-10(16)7-8-13(12)17/h3-9,15,19H,2,18H2,1H3. The quantitative estimate of drug-likeness (QED) is 0.649. The van der Waals surface area contributed by atoms with Crippen LogP contribution in [0.3, 0.4) is 0 Å². The van der Waals surface area contributed by atoms with E-state index in [2.05, 4.69) is 5.43 Å². The summed E-state index contributed by atoms with van der Waals surface area (Å²) in [4.78, 5) is 0. The lowest BCUT2D eigenvalue weighted by Crippen LogP contribution is -2.29. The first-order valence-corrected chi connectivity index (χ1v) is 7.05. The van der Waals surface area contributed by atoms with Gasteiger partial charge >= 0.3 is 0 Å². The van der Waals surface area contributed by atoms with Gasteiger partial charge in [-0.05, 0) is 36.8 Å². The van der Waals surface area contributed by atoms with Gasteiger partial charge in [0.2, 0.25) is 0 Å². The van der Waals surface area contributed by atoms with Crippen molar-refractivity contribution in [1.82, 2.24) is 5.43 Å². The first-order chi connectivity index (χ1) is 9.67. The van der Waals surface area contributed by atoms with Crippen LogP contribution in [0.1, 0.15) is 24.1 Å². The summed E-state index contributed by atoms with van der Waals surface area (Å²) in [6.07, 6.45) is 0. The van der Waals surface area contributed by atoms with Crippen LogP contribution < -0.4 is 16.0 Å². The van der Waals surface area contributed by atoms with Crippen molar-refractivity contribution in [2.24, 2.45) is 5.84 Å². The molecule has 3 N–H and O–H groups in total. The topological polar surface area (TPSA) is 47.3 Å². The molecule has 1 unspecified atom stereocenters. The van der Waals surface area contributed by atoms with Gasteiger partial charge < -0.3 is 4.74 Å². The Morgan fingerprint density at radius 2 is 1.90 bits per heavy atom. The van der Waals surface area contributed by atoms with Crippen LogP contribution in [0.4, 0.5) is 0 Å². The molecule has 1 atom stereocenters. The van der Waals surface area contributed by atoms with Gasteiger partial charge in [-0.15, -0.1) is 0 Å². The second-order valence-electron chi connectivity index (χ2n) is 4.24. The third kappa shape index (κ3) is 3.25. The average Bonchev–Trinajstić information content (AvgIpc) is 2.45. The van der Waals surface area contributed by atoms with E-state index in [1.807, 2.05) is 31.2 Å². The number of nitrogens with two attached hydrogens (primary N) is 1. The Morgan fingerprint density at radius 3 is 2.60 bits per heavy atom. The Balaban J connectivity index is 2.49. The summed E-state index contributed by atoms with van der Waals surface area (Å²) in [6, 6.07) is 12.7. The van der Waals surface area contributed by atoms with E-state index < -0.39 is 0 Å². The summed E-state index contributed by atoms with van der Waals surface area (Å²) in [5.74, 6) is 6.49. The van der Waals surface area contributed by atoms with Gasteiger partial charge in [-0.3, -0.25) is 5.84 Å². The van der Waals surface area contributed by atoms with E-state index in [0.29, 0.717) is 16.7 Å². The van der Waals surface area contributed by atoms with Crippen molar-refractivity contribution in [2.45, 2.75) is 13.0 Å². The smallest absolute Gasteiger partial charge is 0.124 e. The second-order valence-corrected chi connectivity index (χ2v) is 5.08. The van der Waals surface area contributed by atoms with Crippen molar-refractivity contribution < 1.29 is 4.74 Å². The molecule has 0 aliphatic heterocycles. The maximum atomic E-state index is 6.25. The summed E-state index contributed by atoms with van der Waals surface area (Å²) in [5.41, 5.74) is 4.51. The van der Waals surface area contributed by atoms with Gasteiger partial charge in [0.1, 0.15) is 5.75 Å². The van der Waals surface area contributed by atoms with E-state index in [4.69, 9.17) is 33.8 Å². The summed E-state index contributed by atoms with van der Waals surface area (Å²) in [7, 11) is 0. The predicted octanol–water partition coefficient (Wildman–Crippen LogP) is 3.94. The molecule has 0 spiro atoms. The molecule has 2 aromatic carbocycles. The normalized spacial score (nSPS) is 12.2. The highest BCUT2D eigenvalue weighted by Gasteiger charge is 2.19. The summed E-state index contributed by atoms with van der Waals surface area (Å²) in [5, 5.41) is 1.21. The molecule has 106 valence electrons. The largest absolute Gasteiger partial charge is 0.494 e. The Hall–Kier alpha value is -1.26. The van der Waals surface area contributed by atoms with Crippen molar-refractivity contribution in [3.63, 3.8) is 0 Å². The van der Waals surface area contributed by atoms with Crippen LogP contribution in [-0.4, -0.2) is 6.61 Å². The highest BCUT2D eigenvalue weighted by Crippen LogP contribution is 2.34. The Bertz CT molecular complexity index is 590. The van der Waals surface area contributed by atoms with E-state index in [-0.39, 0.29) is 6.04 Å². The fraction of sp³-hybridized carbons (Fsp3) is 0.200. The van der Waals surface area contributed by atoms with Gasteiger partial charge in [-0.1, -0.05) is 41.4 Å². The highest BCUT2D eigenvalue weighted by atomic mass is 35.5. The molecule has 0 aromatic heterocycles. The molecular weight excluding hydrogens is 295 g/mol. The minimum atomic E-state index is -0.288. The van der Waals surface area contributed by atoms with E-state index in [0.717, 1.165) is 16.9 Å². The lowest BCUT2D eigenvalue weighted by Gasteiger charge is -2.21. The van der Waals surface area contributed by atoms with Crippen molar-refractivity contribution in [2.75, 3.05) is 6.61 Å². The van der Waals surface area contributed by atoms with Crippen molar-refractivity contribution >= 4 is 23.2 Å². The van der Waals surface area contributed by atoms with Crippen molar-refractivity contribution in [3.8, 4) is 5.75 Å². The zero-order chi connectivity index (χ0) is 14.5. The highest BCUT2D eigenvalue weighted by molar-refractivity contribution is 6.33. The van der Waals surface area contributed by atoms with Gasteiger partial charge in [0.25, 0.3) is 0 Å². The van der Waals surface area contributed by atoms with Crippen LogP contribution in [0.2, 0.25) is 10.0 Å². The van der Waals surface area contributed by atoms with Crippen LogP contribution >= 0.6 is 23.2 Å². The molecule has 3 nitrogen and oxygen atoms in total. The number of hydrazine groups is 1. The average molecular weight is 311 g/mol. The maximum Gasteiger partial charge on any atom is 0.124 e. The number of halogens is 2. The third-order valence-electron chi connectivity index (χ3n) is 2.97. The molecule has 0 saturated heterocycles. The van der Waals surface area contributed by atoms with E-state index in [9.17, 15) is 0 Å². The van der Waals surface area contributed by atoms with Crippen molar-refractivity contribution in [1.29, 1.82) is 0 Å². The Labute approximate surface area is 128 Å². The molecule has 0 heterocycles. The van der Waals surface area contributed by atoms with Crippen LogP contribution in [0.5, 0.6) is 5.75 Å². The predicted molar refractivity (Wildman–Crippen MR) is 83.2 cm³/mol. The minimum absolute atomic E-state index is 0.288. The monoisotopic (exact) mass is 310 g/mol. The number of rotatable bonds is 5. The van der Waals surface area contributed by atoms with Gasteiger partial charge in [0.15, 0.2) is 0 Å². The number of hydrogen-bond acceptors (Lipinski definition) is 3. The SMILES string of the molecule is CCOc1ccccc1C(NN)c1cc(Cl)ccc1Cl. The lowest BCUT2D eigenvalue weighted by molar-refractivity contribution is 0.333. The van der Waals surface area contributed by atoms with Gasteiger partial charge in [0.05, 0.1) is 12.6 Å². The molecule has 0 radical (unpaired) electrons.